The minimum Gasteiger partial charge on any atom is -0.345 e. The lowest BCUT2D eigenvalue weighted by Crippen LogP contribution is -2.24. The van der Waals surface area contributed by atoms with Crippen molar-refractivity contribution in [3.8, 4) is 11.8 Å². The Bertz CT molecular complexity index is 200. The second-order valence-corrected chi connectivity index (χ2v) is 2.75. The number of hydrogen-bond acceptors (Lipinski definition) is 1. The summed E-state index contributed by atoms with van der Waals surface area (Å²) in [4.78, 5) is 11.0. The molecule has 0 heterocycles. The number of nitrogens with one attached hydrogen (secondary N) is 1. The van der Waals surface area contributed by atoms with Gasteiger partial charge in [0, 0.05) is 5.92 Å². The van der Waals surface area contributed by atoms with Crippen molar-refractivity contribution >= 4 is 17.5 Å². The molecule has 0 aromatic rings. The first-order valence-corrected chi connectivity index (χ1v) is 4.17. The van der Waals surface area contributed by atoms with Gasteiger partial charge in [0.1, 0.15) is 0 Å². The molecule has 60 valence electrons. The molecule has 2 nitrogen and oxygen atoms in total. The van der Waals surface area contributed by atoms with Gasteiger partial charge in [0.2, 0.25) is 5.91 Å². The van der Waals surface area contributed by atoms with E-state index in [2.05, 4.69) is 17.2 Å². The van der Waals surface area contributed by atoms with Crippen LogP contribution in [0.25, 0.3) is 0 Å². The zero-order chi connectivity index (χ0) is 8.10. The number of hydrogen-bond donors (Lipinski definition) is 1. The molecule has 0 saturated heterocycles. The summed E-state index contributed by atoms with van der Waals surface area (Å²) in [7, 11) is 0. The Balaban J connectivity index is 2.06. The fourth-order valence-corrected chi connectivity index (χ4v) is 0.825. The van der Waals surface area contributed by atoms with Crippen molar-refractivity contribution in [2.75, 3.05) is 12.4 Å². The van der Waals surface area contributed by atoms with Gasteiger partial charge in [-0.2, -0.15) is 0 Å². The van der Waals surface area contributed by atoms with Crippen LogP contribution in [0.15, 0.2) is 0 Å². The Morgan fingerprint density at radius 2 is 2.27 bits per heavy atom. The van der Waals surface area contributed by atoms with Crippen LogP contribution in [0.5, 0.6) is 0 Å². The molecule has 0 bridgehead atoms. The SMILES string of the molecule is O=C(NCC#CCCl)C1CC1. The zero-order valence-corrected chi connectivity index (χ0v) is 6.95. The van der Waals surface area contributed by atoms with Crippen molar-refractivity contribution in [3.05, 3.63) is 0 Å². The monoisotopic (exact) mass is 171 g/mol. The van der Waals surface area contributed by atoms with E-state index in [9.17, 15) is 4.79 Å². The first-order chi connectivity index (χ1) is 5.34. The van der Waals surface area contributed by atoms with E-state index in [4.69, 9.17) is 11.6 Å². The zero-order valence-electron chi connectivity index (χ0n) is 6.19. The molecule has 0 atom stereocenters. The number of halogens is 1. The minimum absolute atomic E-state index is 0.133. The quantitative estimate of drug-likeness (QED) is 0.482. The fourth-order valence-electron chi connectivity index (χ4n) is 0.731. The average Bonchev–Trinajstić information content (AvgIpc) is 2.79. The van der Waals surface area contributed by atoms with Crippen LogP contribution in [-0.2, 0) is 4.79 Å². The highest BCUT2D eigenvalue weighted by molar-refractivity contribution is 6.19. The van der Waals surface area contributed by atoms with Gasteiger partial charge >= 0.3 is 0 Å². The van der Waals surface area contributed by atoms with E-state index in [0.29, 0.717) is 12.4 Å². The predicted molar refractivity (Wildman–Crippen MR) is 44.2 cm³/mol. The van der Waals surface area contributed by atoms with E-state index >= 15 is 0 Å². The molecule has 1 fully saturated rings. The van der Waals surface area contributed by atoms with E-state index < -0.39 is 0 Å². The Hall–Kier alpha value is -0.680. The summed E-state index contributed by atoms with van der Waals surface area (Å²) < 4.78 is 0. The van der Waals surface area contributed by atoms with E-state index in [-0.39, 0.29) is 11.8 Å². The molecule has 1 aliphatic rings. The van der Waals surface area contributed by atoms with Crippen LogP contribution in [0.4, 0.5) is 0 Å². The van der Waals surface area contributed by atoms with Crippen LogP contribution >= 0.6 is 11.6 Å². The first kappa shape index (κ1) is 8.42. The molecule has 1 aliphatic carbocycles. The number of amides is 1. The number of rotatable bonds is 2. The number of carbonyl (C=O) groups is 1. The smallest absolute Gasteiger partial charge is 0.223 e. The maximum absolute atomic E-state index is 11.0. The third kappa shape index (κ3) is 3.29. The maximum Gasteiger partial charge on any atom is 0.223 e. The molecule has 11 heavy (non-hydrogen) atoms. The second-order valence-electron chi connectivity index (χ2n) is 2.48. The Kier molecular flexibility index (Phi) is 3.25. The highest BCUT2D eigenvalue weighted by Crippen LogP contribution is 2.28. The third-order valence-corrected chi connectivity index (χ3v) is 1.62. The first-order valence-electron chi connectivity index (χ1n) is 3.64. The largest absolute Gasteiger partial charge is 0.345 e. The van der Waals surface area contributed by atoms with Crippen LogP contribution in [0.2, 0.25) is 0 Å². The standard InChI is InChI=1S/C8H10ClNO/c9-5-1-2-6-10-8(11)7-3-4-7/h7H,3-6H2,(H,10,11). The molecule has 0 spiro atoms. The van der Waals surface area contributed by atoms with Gasteiger partial charge in [0.05, 0.1) is 12.4 Å². The van der Waals surface area contributed by atoms with Crippen LogP contribution in [0.1, 0.15) is 12.8 Å². The van der Waals surface area contributed by atoms with E-state index in [1.54, 1.807) is 0 Å². The fraction of sp³-hybridized carbons (Fsp3) is 0.625. The molecule has 1 amide bonds. The highest BCUT2D eigenvalue weighted by Gasteiger charge is 2.28. The number of carbonyl (C=O) groups excluding carboxylic acids is 1. The van der Waals surface area contributed by atoms with Crippen molar-refractivity contribution < 1.29 is 4.79 Å². The van der Waals surface area contributed by atoms with Gasteiger partial charge in [-0.1, -0.05) is 11.8 Å². The highest BCUT2D eigenvalue weighted by atomic mass is 35.5. The molecule has 0 unspecified atom stereocenters. The normalized spacial score (nSPS) is 15.0. The van der Waals surface area contributed by atoms with Crippen molar-refractivity contribution in [3.63, 3.8) is 0 Å². The lowest BCUT2D eigenvalue weighted by molar-refractivity contribution is -0.122. The van der Waals surface area contributed by atoms with Crippen LogP contribution in [0, 0.1) is 17.8 Å². The predicted octanol–water partition coefficient (Wildman–Crippen LogP) is 0.755. The van der Waals surface area contributed by atoms with E-state index in [1.165, 1.54) is 0 Å². The van der Waals surface area contributed by atoms with Gasteiger partial charge in [0.25, 0.3) is 0 Å². The van der Waals surface area contributed by atoms with Crippen molar-refractivity contribution in [2.24, 2.45) is 5.92 Å². The third-order valence-electron chi connectivity index (χ3n) is 1.49. The minimum atomic E-state index is 0.133. The van der Waals surface area contributed by atoms with Gasteiger partial charge in [-0.05, 0) is 12.8 Å². The van der Waals surface area contributed by atoms with Gasteiger partial charge in [-0.15, -0.1) is 11.6 Å². The van der Waals surface area contributed by atoms with Gasteiger partial charge < -0.3 is 5.32 Å². The van der Waals surface area contributed by atoms with Gasteiger partial charge in [-0.3, -0.25) is 4.79 Å². The summed E-state index contributed by atoms with van der Waals surface area (Å²) in [6.45, 7) is 0.433. The summed E-state index contributed by atoms with van der Waals surface area (Å²) in [5, 5.41) is 2.71. The maximum atomic E-state index is 11.0. The average molecular weight is 172 g/mol. The Morgan fingerprint density at radius 1 is 1.55 bits per heavy atom. The summed E-state index contributed by atoms with van der Waals surface area (Å²) in [5.41, 5.74) is 0. The van der Waals surface area contributed by atoms with Gasteiger partial charge in [0.15, 0.2) is 0 Å². The van der Waals surface area contributed by atoms with Gasteiger partial charge in [-0.25, -0.2) is 0 Å². The lowest BCUT2D eigenvalue weighted by Gasteiger charge is -1.95. The van der Waals surface area contributed by atoms with E-state index in [0.717, 1.165) is 12.8 Å². The Morgan fingerprint density at radius 3 is 2.82 bits per heavy atom. The van der Waals surface area contributed by atoms with Crippen LogP contribution < -0.4 is 5.32 Å². The molecule has 1 N–H and O–H groups in total. The van der Waals surface area contributed by atoms with E-state index in [1.807, 2.05) is 0 Å². The molecule has 0 aromatic heterocycles. The molecular weight excluding hydrogens is 162 g/mol. The molecular formula is C8H10ClNO. The van der Waals surface area contributed by atoms with Crippen molar-refractivity contribution in [1.29, 1.82) is 0 Å². The number of alkyl halides is 1. The topological polar surface area (TPSA) is 29.1 Å². The summed E-state index contributed by atoms with van der Waals surface area (Å²) in [5.74, 6) is 6.14. The molecule has 3 heteroatoms. The van der Waals surface area contributed by atoms with Crippen LogP contribution in [0.3, 0.4) is 0 Å². The summed E-state index contributed by atoms with van der Waals surface area (Å²) >= 11 is 5.31. The molecule has 1 rings (SSSR count). The summed E-state index contributed by atoms with van der Waals surface area (Å²) in [6, 6.07) is 0. The molecule has 0 aromatic carbocycles. The second kappa shape index (κ2) is 4.25. The Labute approximate surface area is 71.3 Å². The molecule has 0 radical (unpaired) electrons. The van der Waals surface area contributed by atoms with Crippen LogP contribution in [-0.4, -0.2) is 18.3 Å². The molecule has 0 aliphatic heterocycles. The summed E-state index contributed by atoms with van der Waals surface area (Å²) in [6.07, 6.45) is 2.07. The molecule has 1 saturated carbocycles. The lowest BCUT2D eigenvalue weighted by atomic mass is 10.4. The van der Waals surface area contributed by atoms with Crippen molar-refractivity contribution in [2.45, 2.75) is 12.8 Å². The van der Waals surface area contributed by atoms with Crippen molar-refractivity contribution in [1.82, 2.24) is 5.32 Å².